The van der Waals surface area contributed by atoms with Crippen molar-refractivity contribution in [3.63, 3.8) is 0 Å². The lowest BCUT2D eigenvalue weighted by Crippen LogP contribution is -2.47. The number of rotatable bonds is 4. The van der Waals surface area contributed by atoms with Crippen LogP contribution in [-0.4, -0.2) is 49.7 Å². The Kier molecular flexibility index (Phi) is 4.56. The number of nitrogens with two attached hydrogens (primary N) is 1. The Morgan fingerprint density at radius 3 is 2.50 bits per heavy atom. The Balaban J connectivity index is 2.10. The van der Waals surface area contributed by atoms with E-state index in [9.17, 15) is 13.2 Å². The number of benzene rings is 1. The number of anilines is 2. The molecule has 0 spiro atoms. The molecule has 0 saturated carbocycles. The van der Waals surface area contributed by atoms with Crippen LogP contribution in [0.25, 0.3) is 0 Å². The highest BCUT2D eigenvalue weighted by molar-refractivity contribution is 5.68. The highest BCUT2D eigenvalue weighted by Crippen LogP contribution is 2.29. The van der Waals surface area contributed by atoms with Gasteiger partial charge >= 0.3 is 6.61 Å². The van der Waals surface area contributed by atoms with Gasteiger partial charge in [-0.15, -0.1) is 0 Å². The zero-order valence-corrected chi connectivity index (χ0v) is 11.1. The molecule has 1 heterocycles. The maximum atomic E-state index is 13.4. The molecule has 3 N–H and O–H groups in total. The van der Waals surface area contributed by atoms with Gasteiger partial charge in [-0.05, 0) is 7.05 Å². The van der Waals surface area contributed by atoms with Crippen molar-refractivity contribution < 1.29 is 17.9 Å². The van der Waals surface area contributed by atoms with Crippen LogP contribution >= 0.6 is 0 Å². The van der Waals surface area contributed by atoms with E-state index in [1.54, 1.807) is 0 Å². The first kappa shape index (κ1) is 14.7. The van der Waals surface area contributed by atoms with E-state index in [2.05, 4.69) is 15.1 Å². The van der Waals surface area contributed by atoms with Crippen molar-refractivity contribution >= 4 is 11.4 Å². The minimum atomic E-state index is -3.08. The minimum absolute atomic E-state index is 0.142. The molecule has 1 aliphatic rings. The molecular formula is C12H17F3N4O. The van der Waals surface area contributed by atoms with Crippen molar-refractivity contribution in [2.75, 3.05) is 44.4 Å². The average molecular weight is 290 g/mol. The maximum absolute atomic E-state index is 13.4. The van der Waals surface area contributed by atoms with Crippen LogP contribution < -0.4 is 15.9 Å². The van der Waals surface area contributed by atoms with E-state index in [1.807, 2.05) is 12.1 Å². The Morgan fingerprint density at radius 1 is 1.25 bits per heavy atom. The summed E-state index contributed by atoms with van der Waals surface area (Å²) in [4.78, 5) is 2.16. The number of nitrogens with zero attached hydrogens (tertiary/aromatic N) is 2. The van der Waals surface area contributed by atoms with Crippen LogP contribution in [0.3, 0.4) is 0 Å². The van der Waals surface area contributed by atoms with Gasteiger partial charge in [-0.3, -0.25) is 0 Å². The zero-order valence-electron chi connectivity index (χ0n) is 11.1. The van der Waals surface area contributed by atoms with E-state index in [1.165, 1.54) is 0 Å². The second-order valence-corrected chi connectivity index (χ2v) is 4.65. The molecule has 0 bridgehead atoms. The lowest BCUT2D eigenvalue weighted by atomic mass is 10.2. The second kappa shape index (κ2) is 6.19. The molecular weight excluding hydrogens is 273 g/mol. The van der Waals surface area contributed by atoms with Crippen LogP contribution in [0.4, 0.5) is 24.5 Å². The third-order valence-electron chi connectivity index (χ3n) is 3.10. The SMILES string of the molecule is CN1CCN(Nc2cc(OC(F)F)c(F)cc2N)CC1. The lowest BCUT2D eigenvalue weighted by molar-refractivity contribution is -0.0521. The number of alkyl halides is 2. The zero-order chi connectivity index (χ0) is 14.7. The molecule has 1 saturated heterocycles. The summed E-state index contributed by atoms with van der Waals surface area (Å²) in [5.74, 6) is -1.43. The number of hydrogen-bond acceptors (Lipinski definition) is 5. The van der Waals surface area contributed by atoms with E-state index in [0.717, 1.165) is 38.3 Å². The van der Waals surface area contributed by atoms with Crippen molar-refractivity contribution in [1.29, 1.82) is 0 Å². The predicted octanol–water partition coefficient (Wildman–Crippen LogP) is 1.58. The van der Waals surface area contributed by atoms with Crippen molar-refractivity contribution in [2.24, 2.45) is 0 Å². The van der Waals surface area contributed by atoms with Gasteiger partial charge in [0.2, 0.25) is 0 Å². The molecule has 0 aliphatic carbocycles. The molecule has 1 aliphatic heterocycles. The third kappa shape index (κ3) is 3.67. The molecule has 0 atom stereocenters. The van der Waals surface area contributed by atoms with Gasteiger partial charge in [-0.2, -0.15) is 8.78 Å². The fourth-order valence-corrected chi connectivity index (χ4v) is 1.94. The normalized spacial score (nSPS) is 17.4. The quantitative estimate of drug-likeness (QED) is 0.825. The van der Waals surface area contributed by atoms with Crippen LogP contribution in [0.5, 0.6) is 5.75 Å². The number of likely N-dealkylation sites (N-methyl/N-ethyl adjacent to an activating group) is 1. The summed E-state index contributed by atoms with van der Waals surface area (Å²) in [7, 11) is 2.01. The van der Waals surface area contributed by atoms with E-state index in [-0.39, 0.29) is 5.69 Å². The smallest absolute Gasteiger partial charge is 0.387 e. The largest absolute Gasteiger partial charge is 0.432 e. The summed E-state index contributed by atoms with van der Waals surface area (Å²) < 4.78 is 41.9. The number of nitrogen functional groups attached to an aromatic ring is 1. The Hall–Kier alpha value is -1.67. The molecule has 0 unspecified atom stereocenters. The van der Waals surface area contributed by atoms with Gasteiger partial charge in [0.05, 0.1) is 11.4 Å². The molecule has 20 heavy (non-hydrogen) atoms. The van der Waals surface area contributed by atoms with E-state index >= 15 is 0 Å². The standard InChI is InChI=1S/C12H17F3N4O/c1-18-2-4-19(5-3-18)17-10-7-11(20-12(14)15)8(13)6-9(10)16/h6-7,12,17H,2-5,16H2,1H3. The number of hydrazine groups is 1. The van der Waals surface area contributed by atoms with Crippen LogP contribution in [0, 0.1) is 5.82 Å². The summed E-state index contributed by atoms with van der Waals surface area (Å²) in [5, 5.41) is 1.90. The highest BCUT2D eigenvalue weighted by atomic mass is 19.3. The molecule has 0 radical (unpaired) electrons. The first-order valence-electron chi connectivity index (χ1n) is 6.19. The fourth-order valence-electron chi connectivity index (χ4n) is 1.94. The number of nitrogens with one attached hydrogen (secondary N) is 1. The molecule has 0 aromatic heterocycles. The molecule has 1 aromatic carbocycles. The first-order chi connectivity index (χ1) is 9.45. The summed E-state index contributed by atoms with van der Waals surface area (Å²) in [6.07, 6.45) is 0. The average Bonchev–Trinajstić information content (AvgIpc) is 2.37. The Morgan fingerprint density at radius 2 is 1.90 bits per heavy atom. The molecule has 5 nitrogen and oxygen atoms in total. The summed E-state index contributed by atoms with van der Waals surface area (Å²) in [6.45, 7) is 0.157. The van der Waals surface area contributed by atoms with Gasteiger partial charge in [-0.25, -0.2) is 9.40 Å². The molecule has 8 heteroatoms. The van der Waals surface area contributed by atoms with Gasteiger partial charge in [0.1, 0.15) is 0 Å². The van der Waals surface area contributed by atoms with Crippen LogP contribution in [-0.2, 0) is 0 Å². The number of piperazine rings is 1. The Labute approximate surface area is 115 Å². The molecule has 112 valence electrons. The number of ether oxygens (including phenoxy) is 1. The lowest BCUT2D eigenvalue weighted by Gasteiger charge is -2.33. The van der Waals surface area contributed by atoms with Crippen LogP contribution in [0.1, 0.15) is 0 Å². The highest BCUT2D eigenvalue weighted by Gasteiger charge is 2.17. The van der Waals surface area contributed by atoms with Crippen molar-refractivity contribution in [1.82, 2.24) is 9.91 Å². The third-order valence-corrected chi connectivity index (χ3v) is 3.10. The monoisotopic (exact) mass is 290 g/mol. The van der Waals surface area contributed by atoms with Crippen molar-refractivity contribution in [2.45, 2.75) is 6.61 Å². The van der Waals surface area contributed by atoms with Crippen molar-refractivity contribution in [3.8, 4) is 5.75 Å². The fraction of sp³-hybridized carbons (Fsp3) is 0.500. The topological polar surface area (TPSA) is 53.8 Å². The summed E-state index contributed by atoms with van der Waals surface area (Å²) in [5.41, 5.74) is 9.18. The van der Waals surface area contributed by atoms with E-state index in [0.29, 0.717) is 5.69 Å². The van der Waals surface area contributed by atoms with Gasteiger partial charge in [0.15, 0.2) is 11.6 Å². The number of halogens is 3. The van der Waals surface area contributed by atoms with Crippen LogP contribution in [0.2, 0.25) is 0 Å². The maximum Gasteiger partial charge on any atom is 0.387 e. The van der Waals surface area contributed by atoms with Gasteiger partial charge < -0.3 is 20.8 Å². The molecule has 1 aromatic rings. The van der Waals surface area contributed by atoms with Crippen LogP contribution in [0.15, 0.2) is 12.1 Å². The van der Waals surface area contributed by atoms with Crippen molar-refractivity contribution in [3.05, 3.63) is 17.9 Å². The summed E-state index contributed by atoms with van der Waals surface area (Å²) in [6, 6.07) is 2.12. The summed E-state index contributed by atoms with van der Waals surface area (Å²) >= 11 is 0. The predicted molar refractivity (Wildman–Crippen MR) is 70.1 cm³/mol. The molecule has 1 fully saturated rings. The van der Waals surface area contributed by atoms with Gasteiger partial charge in [0.25, 0.3) is 0 Å². The molecule has 2 rings (SSSR count). The first-order valence-corrected chi connectivity index (χ1v) is 6.19. The number of hydrogen-bond donors (Lipinski definition) is 2. The van der Waals surface area contributed by atoms with Gasteiger partial charge in [-0.1, -0.05) is 0 Å². The van der Waals surface area contributed by atoms with E-state index in [4.69, 9.17) is 5.73 Å². The minimum Gasteiger partial charge on any atom is -0.432 e. The van der Waals surface area contributed by atoms with Gasteiger partial charge in [0, 0.05) is 38.3 Å². The Bertz CT molecular complexity index is 464. The second-order valence-electron chi connectivity index (χ2n) is 4.65. The van der Waals surface area contributed by atoms with E-state index < -0.39 is 18.2 Å². The molecule has 0 amide bonds.